The van der Waals surface area contributed by atoms with Crippen molar-refractivity contribution in [1.82, 2.24) is 24.9 Å². The number of carbonyl (C=O) groups excluding carboxylic acids is 2. The molecule has 2 amide bonds. The van der Waals surface area contributed by atoms with E-state index >= 15 is 0 Å². The van der Waals surface area contributed by atoms with Gasteiger partial charge in [-0.05, 0) is 19.1 Å². The Morgan fingerprint density at radius 3 is 2.61 bits per heavy atom. The summed E-state index contributed by atoms with van der Waals surface area (Å²) in [6, 6.07) is 4.17. The second-order valence-electron chi connectivity index (χ2n) is 6.69. The van der Waals surface area contributed by atoms with Gasteiger partial charge in [0.05, 0.1) is 23.3 Å². The topological polar surface area (TPSA) is 69.6 Å². The Morgan fingerprint density at radius 2 is 2.00 bits per heavy atom. The molecule has 0 radical (unpaired) electrons. The Hall–Kier alpha value is -2.02. The molecule has 3 rings (SSSR count). The van der Waals surface area contributed by atoms with Crippen LogP contribution in [0.2, 0.25) is 0 Å². The second-order valence-corrected chi connectivity index (χ2v) is 6.69. The largest absolute Gasteiger partial charge is 0.349 e. The molecule has 1 unspecified atom stereocenters. The maximum atomic E-state index is 12.2. The van der Waals surface area contributed by atoms with Crippen molar-refractivity contribution in [3.63, 3.8) is 0 Å². The fraction of sp³-hybridized carbons (Fsp3) is 0.625. The molecule has 2 saturated heterocycles. The molecule has 0 aliphatic carbocycles. The molecule has 2 fully saturated rings. The van der Waals surface area contributed by atoms with Crippen LogP contribution in [0, 0.1) is 12.8 Å². The molecule has 7 nitrogen and oxygen atoms in total. The molecule has 2 aliphatic heterocycles. The maximum Gasteiger partial charge on any atom is 0.227 e. The molecule has 124 valence electrons. The Balaban J connectivity index is 1.50. The predicted molar refractivity (Wildman–Crippen MR) is 84.3 cm³/mol. The molecule has 23 heavy (non-hydrogen) atoms. The van der Waals surface area contributed by atoms with Gasteiger partial charge in [0.25, 0.3) is 0 Å². The van der Waals surface area contributed by atoms with Crippen molar-refractivity contribution >= 4 is 11.8 Å². The molecule has 0 saturated carbocycles. The minimum absolute atomic E-state index is 0.0481. The Bertz CT molecular complexity index is 595. The fourth-order valence-electron chi connectivity index (χ4n) is 3.22. The Kier molecular flexibility index (Phi) is 4.30. The molecule has 1 atom stereocenters. The number of rotatable bonds is 4. The highest BCUT2D eigenvalue weighted by Gasteiger charge is 2.42. The van der Waals surface area contributed by atoms with Crippen LogP contribution in [0.3, 0.4) is 0 Å². The zero-order valence-electron chi connectivity index (χ0n) is 13.9. The van der Waals surface area contributed by atoms with Crippen molar-refractivity contribution in [3.05, 3.63) is 23.5 Å². The lowest BCUT2D eigenvalue weighted by Gasteiger charge is -2.43. The van der Waals surface area contributed by atoms with Gasteiger partial charge in [0.1, 0.15) is 0 Å². The first-order chi connectivity index (χ1) is 10.9. The summed E-state index contributed by atoms with van der Waals surface area (Å²) in [6.45, 7) is 4.90. The molecule has 1 aromatic heterocycles. The van der Waals surface area contributed by atoms with Gasteiger partial charge in [0, 0.05) is 46.7 Å². The van der Waals surface area contributed by atoms with Gasteiger partial charge in [-0.3, -0.25) is 14.5 Å². The number of carbonyl (C=O) groups is 2. The summed E-state index contributed by atoms with van der Waals surface area (Å²) in [5.41, 5.74) is 1.86. The highest BCUT2D eigenvalue weighted by atomic mass is 16.2. The summed E-state index contributed by atoms with van der Waals surface area (Å²) in [6.07, 6.45) is 0.344. The molecule has 0 bridgehead atoms. The van der Waals surface area contributed by atoms with Crippen LogP contribution < -0.4 is 0 Å². The minimum Gasteiger partial charge on any atom is -0.349 e. The van der Waals surface area contributed by atoms with Gasteiger partial charge in [0.2, 0.25) is 11.8 Å². The summed E-state index contributed by atoms with van der Waals surface area (Å²) < 4.78 is 0. The van der Waals surface area contributed by atoms with Crippen LogP contribution in [-0.4, -0.2) is 76.5 Å². The van der Waals surface area contributed by atoms with Crippen LogP contribution in [-0.2, 0) is 16.1 Å². The first kappa shape index (κ1) is 15.9. The minimum atomic E-state index is -0.186. The molecular formula is C16H23N5O2. The molecule has 0 aromatic carbocycles. The lowest BCUT2D eigenvalue weighted by atomic mass is 10.1. The maximum absolute atomic E-state index is 12.2. The molecule has 0 spiro atoms. The van der Waals surface area contributed by atoms with Crippen LogP contribution in [0.4, 0.5) is 0 Å². The van der Waals surface area contributed by atoms with E-state index in [1.807, 2.05) is 24.0 Å². The number of hydrogen-bond acceptors (Lipinski definition) is 5. The SMILES string of the molecule is Cc1ccc(CN2CC(N3CC(C(=O)N(C)C)CC3=O)C2)nn1. The van der Waals surface area contributed by atoms with Gasteiger partial charge in [-0.25, -0.2) is 0 Å². The van der Waals surface area contributed by atoms with Crippen molar-refractivity contribution in [3.8, 4) is 0 Å². The monoisotopic (exact) mass is 317 g/mol. The van der Waals surface area contributed by atoms with E-state index in [1.165, 1.54) is 0 Å². The van der Waals surface area contributed by atoms with Gasteiger partial charge in [-0.2, -0.15) is 10.2 Å². The van der Waals surface area contributed by atoms with Gasteiger partial charge in [0.15, 0.2) is 0 Å². The standard InChI is InChI=1S/C16H23N5O2/c1-11-4-5-13(18-17-11)8-20-9-14(10-20)21-7-12(6-15(21)22)16(23)19(2)3/h4-5,12,14H,6-10H2,1-3H3. The number of aromatic nitrogens is 2. The third-order valence-corrected chi connectivity index (χ3v) is 4.57. The summed E-state index contributed by atoms with van der Waals surface area (Å²) in [7, 11) is 3.48. The number of aryl methyl sites for hydroxylation is 1. The molecule has 0 N–H and O–H groups in total. The first-order valence-electron chi connectivity index (χ1n) is 7.96. The summed E-state index contributed by atoms with van der Waals surface area (Å²) in [5, 5.41) is 8.23. The van der Waals surface area contributed by atoms with Gasteiger partial charge >= 0.3 is 0 Å². The van der Waals surface area contributed by atoms with E-state index in [-0.39, 0.29) is 23.8 Å². The van der Waals surface area contributed by atoms with Crippen molar-refractivity contribution in [2.24, 2.45) is 5.92 Å². The van der Waals surface area contributed by atoms with Crippen LogP contribution in [0.25, 0.3) is 0 Å². The van der Waals surface area contributed by atoms with Crippen LogP contribution in [0.15, 0.2) is 12.1 Å². The zero-order chi connectivity index (χ0) is 16.6. The Labute approximate surface area is 136 Å². The van der Waals surface area contributed by atoms with E-state index in [2.05, 4.69) is 15.1 Å². The number of hydrogen-bond donors (Lipinski definition) is 0. The van der Waals surface area contributed by atoms with E-state index in [4.69, 9.17) is 0 Å². The highest BCUT2D eigenvalue weighted by Crippen LogP contribution is 2.26. The van der Waals surface area contributed by atoms with Gasteiger partial charge in [-0.15, -0.1) is 0 Å². The quantitative estimate of drug-likeness (QED) is 0.776. The highest BCUT2D eigenvalue weighted by molar-refractivity contribution is 5.89. The number of likely N-dealkylation sites (tertiary alicyclic amines) is 2. The van der Waals surface area contributed by atoms with Gasteiger partial charge in [-0.1, -0.05) is 0 Å². The van der Waals surface area contributed by atoms with Crippen molar-refractivity contribution in [1.29, 1.82) is 0 Å². The molecule has 2 aliphatic rings. The van der Waals surface area contributed by atoms with Crippen molar-refractivity contribution in [2.45, 2.75) is 25.9 Å². The van der Waals surface area contributed by atoms with Crippen molar-refractivity contribution < 1.29 is 9.59 Å². The van der Waals surface area contributed by atoms with Crippen LogP contribution in [0.1, 0.15) is 17.8 Å². The third-order valence-electron chi connectivity index (χ3n) is 4.57. The van der Waals surface area contributed by atoms with E-state index in [1.54, 1.807) is 19.0 Å². The zero-order valence-corrected chi connectivity index (χ0v) is 13.9. The average Bonchev–Trinajstić information content (AvgIpc) is 2.85. The molecular weight excluding hydrogens is 294 g/mol. The Morgan fingerprint density at radius 1 is 1.26 bits per heavy atom. The lowest BCUT2D eigenvalue weighted by Crippen LogP contribution is -2.59. The second kappa shape index (κ2) is 6.23. The fourth-order valence-corrected chi connectivity index (χ4v) is 3.22. The van der Waals surface area contributed by atoms with Crippen LogP contribution in [0.5, 0.6) is 0 Å². The number of amides is 2. The van der Waals surface area contributed by atoms with E-state index in [0.717, 1.165) is 31.0 Å². The first-order valence-corrected chi connectivity index (χ1v) is 7.96. The summed E-state index contributed by atoms with van der Waals surface area (Å²) in [5.74, 6) is -0.0357. The van der Waals surface area contributed by atoms with E-state index < -0.39 is 0 Å². The van der Waals surface area contributed by atoms with Gasteiger partial charge < -0.3 is 9.80 Å². The lowest BCUT2D eigenvalue weighted by molar-refractivity contribution is -0.134. The van der Waals surface area contributed by atoms with Crippen molar-refractivity contribution in [2.75, 3.05) is 33.7 Å². The van der Waals surface area contributed by atoms with Crippen LogP contribution >= 0.6 is 0 Å². The molecule has 1 aromatic rings. The molecule has 7 heteroatoms. The average molecular weight is 317 g/mol. The van der Waals surface area contributed by atoms with E-state index in [9.17, 15) is 9.59 Å². The third kappa shape index (κ3) is 3.34. The number of nitrogens with zero attached hydrogens (tertiary/aromatic N) is 5. The summed E-state index contributed by atoms with van der Waals surface area (Å²) in [4.78, 5) is 29.9. The van der Waals surface area contributed by atoms with E-state index in [0.29, 0.717) is 13.0 Å². The smallest absolute Gasteiger partial charge is 0.227 e. The normalized spacial score (nSPS) is 22.3. The predicted octanol–water partition coefficient (Wildman–Crippen LogP) is -0.0941. The summed E-state index contributed by atoms with van der Waals surface area (Å²) >= 11 is 0. The molecule has 3 heterocycles.